The Bertz CT molecular complexity index is 415. The van der Waals surface area contributed by atoms with E-state index in [0.29, 0.717) is 5.69 Å². The third-order valence-corrected chi connectivity index (χ3v) is 3.33. The molecule has 18 heavy (non-hydrogen) atoms. The average molecular weight is 272 g/mol. The Labute approximate surface area is 109 Å². The molecule has 1 aliphatic rings. The summed E-state index contributed by atoms with van der Waals surface area (Å²) in [4.78, 5) is 22.6. The number of carboxylic acids is 1. The van der Waals surface area contributed by atoms with Gasteiger partial charge in [-0.15, -0.1) is 5.10 Å². The number of nitrogens with two attached hydrogens (primary N) is 1. The minimum atomic E-state index is -0.956. The molecule has 0 spiro atoms. The zero-order chi connectivity index (χ0) is 13.5. The maximum Gasteiger partial charge on any atom is 0.349 e. The monoisotopic (exact) mass is 272 g/mol. The first-order chi connectivity index (χ1) is 8.52. The zero-order valence-corrected chi connectivity index (χ0v) is 10.9. The van der Waals surface area contributed by atoms with Gasteiger partial charge in [0, 0.05) is 13.1 Å². The summed E-state index contributed by atoms with van der Waals surface area (Å²) < 4.78 is 3.45. The van der Waals surface area contributed by atoms with E-state index in [1.165, 1.54) is 6.42 Å². The minimum Gasteiger partial charge on any atom is -0.477 e. The van der Waals surface area contributed by atoms with Crippen molar-refractivity contribution in [2.75, 3.05) is 13.1 Å². The summed E-state index contributed by atoms with van der Waals surface area (Å²) in [7, 11) is 0. The van der Waals surface area contributed by atoms with Crippen molar-refractivity contribution in [3.63, 3.8) is 0 Å². The number of carboxylic acid groups (broad SMARTS) is 1. The number of amides is 2. The number of carbonyl (C=O) groups is 2. The second-order valence-electron chi connectivity index (χ2n) is 3.88. The summed E-state index contributed by atoms with van der Waals surface area (Å²) in [5, 5.41) is 11.9. The molecule has 1 aromatic rings. The number of rotatable bonds is 1. The molecule has 100 valence electrons. The van der Waals surface area contributed by atoms with Crippen LogP contribution in [0.2, 0.25) is 0 Å². The van der Waals surface area contributed by atoms with E-state index in [-0.39, 0.29) is 10.9 Å². The molecule has 0 radical (unpaired) electrons. The molecule has 1 saturated heterocycles. The second kappa shape index (κ2) is 6.90. The van der Waals surface area contributed by atoms with Gasteiger partial charge in [-0.2, -0.15) is 0 Å². The van der Waals surface area contributed by atoms with Crippen molar-refractivity contribution in [3.05, 3.63) is 10.6 Å². The van der Waals surface area contributed by atoms with Crippen LogP contribution in [0.25, 0.3) is 0 Å². The number of carbonyl (C=O) groups excluding carboxylic acids is 1. The van der Waals surface area contributed by atoms with Crippen LogP contribution in [0.5, 0.6) is 0 Å². The quantitative estimate of drug-likeness (QED) is 0.795. The molecule has 0 aliphatic carbocycles. The molecule has 1 aromatic heterocycles. The van der Waals surface area contributed by atoms with Gasteiger partial charge in [0.2, 0.25) is 0 Å². The van der Waals surface area contributed by atoms with Crippen LogP contribution < -0.4 is 5.73 Å². The average Bonchev–Trinajstić information content (AvgIpc) is 2.77. The number of aromatic nitrogens is 2. The highest BCUT2D eigenvalue weighted by molar-refractivity contribution is 7.07. The lowest BCUT2D eigenvalue weighted by Crippen LogP contribution is -2.39. The van der Waals surface area contributed by atoms with E-state index in [9.17, 15) is 9.59 Å². The Hall–Kier alpha value is -1.70. The molecule has 2 rings (SSSR count). The Balaban J connectivity index is 0.000000180. The fourth-order valence-corrected chi connectivity index (χ4v) is 2.04. The van der Waals surface area contributed by atoms with Crippen LogP contribution in [-0.4, -0.2) is 44.7 Å². The Kier molecular flexibility index (Phi) is 5.50. The molecule has 1 aliphatic heterocycles. The van der Waals surface area contributed by atoms with Crippen molar-refractivity contribution in [1.82, 2.24) is 14.5 Å². The van der Waals surface area contributed by atoms with Crippen LogP contribution in [0.1, 0.15) is 34.6 Å². The summed E-state index contributed by atoms with van der Waals surface area (Å²) in [6.07, 6.45) is 3.47. The summed E-state index contributed by atoms with van der Waals surface area (Å²) in [6, 6.07) is -0.269. The lowest BCUT2D eigenvalue weighted by molar-refractivity contribution is 0.0701. The number of nitrogens with zero attached hydrogens (tertiary/aromatic N) is 3. The number of primary amides is 1. The van der Waals surface area contributed by atoms with Gasteiger partial charge in [0.15, 0.2) is 4.88 Å². The topological polar surface area (TPSA) is 109 Å². The number of aromatic carboxylic acids is 1. The van der Waals surface area contributed by atoms with Crippen LogP contribution in [0, 0.1) is 6.92 Å². The number of piperidine rings is 1. The SMILES string of the molecule is Cc1nnsc1C(=O)O.NC(=O)N1CCCCC1. The summed E-state index contributed by atoms with van der Waals surface area (Å²) in [5.41, 5.74) is 5.53. The first kappa shape index (κ1) is 14.4. The van der Waals surface area contributed by atoms with E-state index < -0.39 is 5.97 Å². The second-order valence-corrected chi connectivity index (χ2v) is 4.63. The molecular weight excluding hydrogens is 256 g/mol. The van der Waals surface area contributed by atoms with E-state index in [4.69, 9.17) is 10.8 Å². The maximum atomic E-state index is 10.5. The van der Waals surface area contributed by atoms with Crippen molar-refractivity contribution >= 4 is 23.5 Å². The van der Waals surface area contributed by atoms with Gasteiger partial charge in [0.25, 0.3) is 0 Å². The molecule has 0 atom stereocenters. The van der Waals surface area contributed by atoms with Crippen LogP contribution in [-0.2, 0) is 0 Å². The largest absolute Gasteiger partial charge is 0.477 e. The molecule has 3 N–H and O–H groups in total. The standard InChI is InChI=1S/C6H12N2O.C4H4N2O2S/c7-6(9)8-4-2-1-3-5-8;1-2-3(4(7)8)9-6-5-2/h1-5H2,(H2,7,9);1H3,(H,7,8). The van der Waals surface area contributed by atoms with Gasteiger partial charge < -0.3 is 15.7 Å². The lowest BCUT2D eigenvalue weighted by atomic mass is 10.1. The van der Waals surface area contributed by atoms with Gasteiger partial charge in [0.1, 0.15) is 0 Å². The first-order valence-corrected chi connectivity index (χ1v) is 6.36. The van der Waals surface area contributed by atoms with Crippen molar-refractivity contribution in [1.29, 1.82) is 0 Å². The minimum absolute atomic E-state index is 0.218. The van der Waals surface area contributed by atoms with Gasteiger partial charge >= 0.3 is 12.0 Å². The fourth-order valence-electron chi connectivity index (χ4n) is 1.54. The first-order valence-electron chi connectivity index (χ1n) is 5.59. The molecule has 0 saturated carbocycles. The fraction of sp³-hybridized carbons (Fsp3) is 0.600. The number of urea groups is 1. The van der Waals surface area contributed by atoms with E-state index in [1.54, 1.807) is 11.8 Å². The van der Waals surface area contributed by atoms with E-state index in [2.05, 4.69) is 9.59 Å². The third kappa shape index (κ3) is 4.28. The molecule has 1 fully saturated rings. The Morgan fingerprint density at radius 2 is 1.94 bits per heavy atom. The van der Waals surface area contributed by atoms with Gasteiger partial charge in [-0.1, -0.05) is 4.49 Å². The molecular formula is C10H16N4O3S. The van der Waals surface area contributed by atoms with Crippen molar-refractivity contribution in [2.45, 2.75) is 26.2 Å². The summed E-state index contributed by atoms with van der Waals surface area (Å²) in [6.45, 7) is 3.33. The molecule has 0 unspecified atom stereocenters. The Morgan fingerprint density at radius 3 is 2.22 bits per heavy atom. The van der Waals surface area contributed by atoms with Crippen molar-refractivity contribution in [3.8, 4) is 0 Å². The van der Waals surface area contributed by atoms with Crippen LogP contribution in [0.4, 0.5) is 4.79 Å². The van der Waals surface area contributed by atoms with E-state index in [1.807, 2.05) is 0 Å². The third-order valence-electron chi connectivity index (χ3n) is 2.51. The number of hydrogen-bond acceptors (Lipinski definition) is 5. The van der Waals surface area contributed by atoms with Crippen LogP contribution in [0.3, 0.4) is 0 Å². The summed E-state index contributed by atoms with van der Waals surface area (Å²) >= 11 is 0.897. The van der Waals surface area contributed by atoms with Crippen LogP contribution in [0.15, 0.2) is 0 Å². The van der Waals surface area contributed by atoms with Crippen LogP contribution >= 0.6 is 11.5 Å². The number of aryl methyl sites for hydroxylation is 1. The van der Waals surface area contributed by atoms with Gasteiger partial charge in [-0.25, -0.2) is 9.59 Å². The highest BCUT2D eigenvalue weighted by Gasteiger charge is 2.12. The lowest BCUT2D eigenvalue weighted by Gasteiger charge is -2.24. The predicted octanol–water partition coefficient (Wildman–Crippen LogP) is 1.10. The molecule has 8 heteroatoms. The molecule has 2 amide bonds. The van der Waals surface area contributed by atoms with E-state index >= 15 is 0 Å². The molecule has 2 heterocycles. The van der Waals surface area contributed by atoms with E-state index in [0.717, 1.165) is 37.5 Å². The highest BCUT2D eigenvalue weighted by atomic mass is 32.1. The molecule has 0 bridgehead atoms. The maximum absolute atomic E-state index is 10.5. The van der Waals surface area contributed by atoms with Gasteiger partial charge in [0.05, 0.1) is 5.69 Å². The van der Waals surface area contributed by atoms with Crippen molar-refractivity contribution < 1.29 is 14.7 Å². The molecule has 0 aromatic carbocycles. The number of hydrogen-bond donors (Lipinski definition) is 2. The molecule has 7 nitrogen and oxygen atoms in total. The Morgan fingerprint density at radius 1 is 1.33 bits per heavy atom. The number of likely N-dealkylation sites (tertiary alicyclic amines) is 1. The normalized spacial score (nSPS) is 14.6. The zero-order valence-electron chi connectivity index (χ0n) is 10.1. The highest BCUT2D eigenvalue weighted by Crippen LogP contribution is 2.07. The van der Waals surface area contributed by atoms with Gasteiger partial charge in [-0.3, -0.25) is 0 Å². The van der Waals surface area contributed by atoms with Gasteiger partial charge in [-0.05, 0) is 37.7 Å². The smallest absolute Gasteiger partial charge is 0.349 e. The summed E-state index contributed by atoms with van der Waals surface area (Å²) in [5.74, 6) is -0.956. The predicted molar refractivity (Wildman–Crippen MR) is 66.6 cm³/mol. The van der Waals surface area contributed by atoms with Crippen molar-refractivity contribution in [2.24, 2.45) is 5.73 Å².